The molecule has 1 saturated heterocycles. The van der Waals surface area contributed by atoms with Gasteiger partial charge in [0, 0.05) is 16.1 Å². The highest BCUT2D eigenvalue weighted by Gasteiger charge is 2.32. The zero-order valence-electron chi connectivity index (χ0n) is 18.5. The van der Waals surface area contributed by atoms with Crippen molar-refractivity contribution < 1.29 is 4.79 Å². The lowest BCUT2D eigenvalue weighted by molar-refractivity contribution is -0.122. The fraction of sp³-hybridized carbons (Fsp3) is 0.0769. The fourth-order valence-corrected chi connectivity index (χ4v) is 5.80. The molecule has 1 fully saturated rings. The highest BCUT2D eigenvalue weighted by molar-refractivity contribution is 8.26. The third kappa shape index (κ3) is 5.06. The van der Waals surface area contributed by atoms with Crippen molar-refractivity contribution in [3.05, 3.63) is 110 Å². The number of hydrogen-bond donors (Lipinski definition) is 0. The summed E-state index contributed by atoms with van der Waals surface area (Å²) in [5, 5.41) is 1.13. The molecule has 174 valence electrons. The topological polar surface area (TPSA) is 54.7 Å². The van der Waals surface area contributed by atoms with Crippen LogP contribution in [0.15, 0.2) is 92.5 Å². The predicted molar refractivity (Wildman–Crippen MR) is 147 cm³/mol. The van der Waals surface area contributed by atoms with E-state index in [0.29, 0.717) is 37.0 Å². The van der Waals surface area contributed by atoms with E-state index in [1.807, 2.05) is 49.4 Å². The maximum absolute atomic E-state index is 13.5. The van der Waals surface area contributed by atoms with Gasteiger partial charge in [0.25, 0.3) is 11.5 Å². The first-order chi connectivity index (χ1) is 16.9. The second kappa shape index (κ2) is 9.99. The molecule has 3 heterocycles. The number of carbonyl (C=O) groups is 1. The summed E-state index contributed by atoms with van der Waals surface area (Å²) in [5.74, 6) is -0.222. The summed E-state index contributed by atoms with van der Waals surface area (Å²) < 4.78 is 1.94. The lowest BCUT2D eigenvalue weighted by Gasteiger charge is -2.14. The normalized spacial score (nSPS) is 14.9. The molecule has 0 N–H and O–H groups in total. The minimum Gasteiger partial charge on any atom is -0.288 e. The van der Waals surface area contributed by atoms with Crippen LogP contribution in [0.4, 0.5) is 0 Å². The standard InChI is InChI=1S/C26H18ClN3O2S3/c1-16-5-7-17(8-6-16)15-30-25(32)21(35-26(30)33)14-20-23(34-19-11-9-18(27)10-12-19)28-22-4-2-3-13-29(22)24(20)31/h2-14H,15H2,1H3/b21-14+. The number of hydrogen-bond acceptors (Lipinski definition) is 6. The number of thioether (sulfide) groups is 1. The van der Waals surface area contributed by atoms with Crippen LogP contribution in [-0.4, -0.2) is 24.5 Å². The average molecular weight is 536 g/mol. The number of aryl methyl sites for hydroxylation is 1. The van der Waals surface area contributed by atoms with Crippen LogP contribution in [0.3, 0.4) is 0 Å². The Morgan fingerprint density at radius 2 is 1.80 bits per heavy atom. The Balaban J connectivity index is 1.54. The molecule has 5 nitrogen and oxygen atoms in total. The highest BCUT2D eigenvalue weighted by atomic mass is 35.5. The zero-order valence-corrected chi connectivity index (χ0v) is 21.7. The summed E-state index contributed by atoms with van der Waals surface area (Å²) in [4.78, 5) is 34.3. The average Bonchev–Trinajstić information content (AvgIpc) is 3.11. The Kier molecular flexibility index (Phi) is 6.80. The number of nitrogens with zero attached hydrogens (tertiary/aromatic N) is 3. The molecule has 1 aliphatic heterocycles. The van der Waals surface area contributed by atoms with Gasteiger partial charge in [-0.3, -0.25) is 18.9 Å². The van der Waals surface area contributed by atoms with E-state index in [9.17, 15) is 9.59 Å². The van der Waals surface area contributed by atoms with Crippen LogP contribution in [0.25, 0.3) is 11.7 Å². The lowest BCUT2D eigenvalue weighted by Crippen LogP contribution is -2.27. The van der Waals surface area contributed by atoms with Gasteiger partial charge in [-0.2, -0.15) is 0 Å². The fourth-order valence-electron chi connectivity index (χ4n) is 3.54. The first-order valence-electron chi connectivity index (χ1n) is 10.6. The van der Waals surface area contributed by atoms with Gasteiger partial charge in [-0.25, -0.2) is 4.98 Å². The van der Waals surface area contributed by atoms with Gasteiger partial charge in [-0.1, -0.05) is 83.2 Å². The van der Waals surface area contributed by atoms with E-state index < -0.39 is 0 Å². The number of aromatic nitrogens is 2. The summed E-state index contributed by atoms with van der Waals surface area (Å²) in [6, 6.07) is 20.7. The minimum absolute atomic E-state index is 0.222. The molecule has 35 heavy (non-hydrogen) atoms. The molecule has 4 aromatic rings. The second-order valence-corrected chi connectivity index (χ2v) is 11.0. The van der Waals surface area contributed by atoms with E-state index in [0.717, 1.165) is 16.0 Å². The largest absolute Gasteiger partial charge is 0.288 e. The number of pyridine rings is 1. The van der Waals surface area contributed by atoms with Crippen molar-refractivity contribution in [3.63, 3.8) is 0 Å². The monoisotopic (exact) mass is 535 g/mol. The van der Waals surface area contributed by atoms with Crippen molar-refractivity contribution >= 4 is 69.3 Å². The van der Waals surface area contributed by atoms with Gasteiger partial charge in [-0.05, 0) is 55.0 Å². The third-order valence-electron chi connectivity index (χ3n) is 5.37. The predicted octanol–water partition coefficient (Wildman–Crippen LogP) is 6.21. The molecule has 0 aliphatic carbocycles. The van der Waals surface area contributed by atoms with Crippen LogP contribution < -0.4 is 5.56 Å². The number of amides is 1. The van der Waals surface area contributed by atoms with Gasteiger partial charge >= 0.3 is 0 Å². The summed E-state index contributed by atoms with van der Waals surface area (Å²) >= 11 is 14.1. The summed E-state index contributed by atoms with van der Waals surface area (Å²) in [5.41, 5.74) is 2.74. The number of benzene rings is 2. The molecule has 0 atom stereocenters. The number of thiocarbonyl (C=S) groups is 1. The summed E-state index contributed by atoms with van der Waals surface area (Å²) in [7, 11) is 0. The van der Waals surface area contributed by atoms with Crippen molar-refractivity contribution in [3.8, 4) is 0 Å². The Morgan fingerprint density at radius 3 is 2.54 bits per heavy atom. The van der Waals surface area contributed by atoms with Crippen LogP contribution >= 0.6 is 47.3 Å². The van der Waals surface area contributed by atoms with Crippen LogP contribution in [0.1, 0.15) is 16.7 Å². The van der Waals surface area contributed by atoms with Crippen LogP contribution in [0, 0.1) is 6.92 Å². The van der Waals surface area contributed by atoms with Crippen molar-refractivity contribution in [1.82, 2.24) is 14.3 Å². The van der Waals surface area contributed by atoms with Crippen LogP contribution in [0.2, 0.25) is 5.02 Å². The number of halogens is 1. The van der Waals surface area contributed by atoms with Crippen molar-refractivity contribution in [1.29, 1.82) is 0 Å². The molecule has 0 saturated carbocycles. The highest BCUT2D eigenvalue weighted by Crippen LogP contribution is 2.36. The maximum atomic E-state index is 13.5. The Bertz CT molecular complexity index is 1550. The molecule has 2 aromatic heterocycles. The third-order valence-corrected chi connectivity index (χ3v) is 8.01. The second-order valence-electron chi connectivity index (χ2n) is 7.87. The van der Waals surface area contributed by atoms with E-state index in [1.165, 1.54) is 27.9 Å². The Hall–Kier alpha value is -2.91. The number of carbonyl (C=O) groups excluding carboxylic acids is 1. The van der Waals surface area contributed by atoms with Gasteiger partial charge in [0.05, 0.1) is 17.0 Å². The molecule has 9 heteroatoms. The smallest absolute Gasteiger partial charge is 0.266 e. The maximum Gasteiger partial charge on any atom is 0.266 e. The summed E-state index contributed by atoms with van der Waals surface area (Å²) in [6.45, 7) is 2.39. The van der Waals surface area contributed by atoms with Crippen molar-refractivity contribution in [2.24, 2.45) is 0 Å². The minimum atomic E-state index is -0.254. The molecule has 0 unspecified atom stereocenters. The molecule has 0 bridgehead atoms. The van der Waals surface area contributed by atoms with E-state index in [2.05, 4.69) is 0 Å². The zero-order chi connectivity index (χ0) is 24.5. The van der Waals surface area contributed by atoms with Crippen LogP contribution in [-0.2, 0) is 11.3 Å². The van der Waals surface area contributed by atoms with Gasteiger partial charge in [0.1, 0.15) is 15.0 Å². The molecule has 0 radical (unpaired) electrons. The first kappa shape index (κ1) is 23.8. The van der Waals surface area contributed by atoms with Gasteiger partial charge < -0.3 is 0 Å². The molecular weight excluding hydrogens is 518 g/mol. The molecule has 0 spiro atoms. The number of fused-ring (bicyclic) bond motifs is 1. The molecule has 5 rings (SSSR count). The van der Waals surface area contributed by atoms with Gasteiger partial charge in [0.2, 0.25) is 0 Å². The van der Waals surface area contributed by atoms with Crippen molar-refractivity contribution in [2.75, 3.05) is 0 Å². The van der Waals surface area contributed by atoms with Crippen LogP contribution in [0.5, 0.6) is 0 Å². The SMILES string of the molecule is Cc1ccc(CN2C(=O)/C(=C\c3c(Sc4ccc(Cl)cc4)nc4ccccn4c3=O)SC2=S)cc1. The van der Waals surface area contributed by atoms with Gasteiger partial charge in [0.15, 0.2) is 0 Å². The number of rotatable bonds is 5. The lowest BCUT2D eigenvalue weighted by atomic mass is 10.1. The van der Waals surface area contributed by atoms with Gasteiger partial charge in [-0.15, -0.1) is 0 Å². The Labute approximate surface area is 220 Å². The molecule has 1 aliphatic rings. The van der Waals surface area contributed by atoms with E-state index in [1.54, 1.807) is 41.4 Å². The molecule has 1 amide bonds. The Morgan fingerprint density at radius 1 is 1.06 bits per heavy atom. The first-order valence-corrected chi connectivity index (χ1v) is 13.1. The quantitative estimate of drug-likeness (QED) is 0.172. The summed E-state index contributed by atoms with van der Waals surface area (Å²) in [6.07, 6.45) is 3.28. The molecular formula is C26H18ClN3O2S3. The van der Waals surface area contributed by atoms with E-state index in [4.69, 9.17) is 28.8 Å². The molecule has 2 aromatic carbocycles. The van der Waals surface area contributed by atoms with Crippen molar-refractivity contribution in [2.45, 2.75) is 23.4 Å². The van der Waals surface area contributed by atoms with E-state index >= 15 is 0 Å². The van der Waals surface area contributed by atoms with E-state index in [-0.39, 0.29) is 11.5 Å².